The fourth-order valence-electron chi connectivity index (χ4n) is 6.09. The van der Waals surface area contributed by atoms with Gasteiger partial charge in [-0.2, -0.15) is 4.68 Å². The van der Waals surface area contributed by atoms with Crippen LogP contribution in [0.5, 0.6) is 0 Å². The second-order valence-electron chi connectivity index (χ2n) is 14.2. The van der Waals surface area contributed by atoms with Gasteiger partial charge in [-0.3, -0.25) is 4.79 Å². The van der Waals surface area contributed by atoms with Crippen molar-refractivity contribution < 1.29 is 23.7 Å². The first-order chi connectivity index (χ1) is 26.0. The predicted octanol–water partition coefficient (Wildman–Crippen LogP) is 5.83. The average Bonchev–Trinajstić information content (AvgIpc) is 3.60. The van der Waals surface area contributed by atoms with E-state index in [4.69, 9.17) is 18.9 Å². The molecule has 0 fully saturated rings. The summed E-state index contributed by atoms with van der Waals surface area (Å²) in [5, 5.41) is 10.6. The zero-order valence-electron chi connectivity index (χ0n) is 33.9. The molecule has 306 valence electrons. The van der Waals surface area contributed by atoms with Crippen LogP contribution in [0.15, 0.2) is 11.1 Å². The Hall–Kier alpha value is -2.49. The number of aryl methyl sites for hydroxylation is 1. The first kappa shape index (κ1) is 46.7. The highest BCUT2D eigenvalue weighted by Crippen LogP contribution is 2.08. The molecule has 0 spiro atoms. The molecule has 0 bridgehead atoms. The second-order valence-corrected chi connectivity index (χ2v) is 14.2. The number of ether oxygens (including phenoxy) is 4. The third-order valence-corrected chi connectivity index (χ3v) is 9.37. The van der Waals surface area contributed by atoms with Gasteiger partial charge in [0.25, 0.3) is 5.91 Å². The molecule has 1 amide bonds. The molecular formula is C39H74N8O6. The summed E-state index contributed by atoms with van der Waals surface area (Å²) in [4.78, 5) is 33.9. The van der Waals surface area contributed by atoms with Gasteiger partial charge in [0.05, 0.1) is 0 Å². The van der Waals surface area contributed by atoms with Gasteiger partial charge >= 0.3 is 5.69 Å². The minimum Gasteiger partial charge on any atom is -0.355 e. The van der Waals surface area contributed by atoms with Crippen molar-refractivity contribution >= 4 is 11.6 Å². The first-order valence-electron chi connectivity index (χ1n) is 20.7. The first-order valence-corrected chi connectivity index (χ1v) is 20.7. The van der Waals surface area contributed by atoms with Crippen molar-refractivity contribution in [2.45, 2.75) is 129 Å². The summed E-state index contributed by atoms with van der Waals surface area (Å²) in [5.41, 5.74) is -0.118. The highest BCUT2D eigenvalue weighted by molar-refractivity contribution is 5.97. The number of carbonyl (C=O) groups excluding carboxylic acids is 1. The number of rotatable bonds is 37. The lowest BCUT2D eigenvalue weighted by Crippen LogP contribution is -2.32. The van der Waals surface area contributed by atoms with E-state index in [-0.39, 0.29) is 17.2 Å². The zero-order chi connectivity index (χ0) is 38.2. The van der Waals surface area contributed by atoms with Gasteiger partial charge in [-0.15, -0.1) is 5.10 Å². The molecule has 0 saturated heterocycles. The van der Waals surface area contributed by atoms with Gasteiger partial charge in [0.1, 0.15) is 19.9 Å². The van der Waals surface area contributed by atoms with E-state index in [1.165, 1.54) is 94.8 Å². The van der Waals surface area contributed by atoms with E-state index in [0.717, 1.165) is 102 Å². The molecule has 0 aromatic carbocycles. The highest BCUT2D eigenvalue weighted by atomic mass is 16.7. The molecule has 0 saturated carbocycles. The SMILES string of the molecule is CCCCCCOCOCCCCCCN(CCCCCCOCOCCCCCC)CCCN(C)CCCNC(=O)c1ncn2c(=O)n(C)nnc12. The van der Waals surface area contributed by atoms with Crippen molar-refractivity contribution in [2.75, 3.05) is 86.3 Å². The van der Waals surface area contributed by atoms with Crippen molar-refractivity contribution in [3.05, 3.63) is 22.5 Å². The number of nitrogens with zero attached hydrogens (tertiary/aromatic N) is 7. The fourth-order valence-corrected chi connectivity index (χ4v) is 6.09. The van der Waals surface area contributed by atoms with Gasteiger partial charge in [-0.05, 0) is 91.1 Å². The van der Waals surface area contributed by atoms with Crippen LogP contribution < -0.4 is 11.0 Å². The molecule has 2 rings (SSSR count). The molecule has 0 unspecified atom stereocenters. The van der Waals surface area contributed by atoms with E-state index in [1.54, 1.807) is 0 Å². The van der Waals surface area contributed by atoms with Gasteiger partial charge in [-0.1, -0.05) is 83.3 Å². The Balaban J connectivity index is 1.60. The third kappa shape index (κ3) is 22.5. The van der Waals surface area contributed by atoms with Crippen LogP contribution in [0.3, 0.4) is 0 Å². The Kier molecular flexibility index (Phi) is 28.0. The largest absolute Gasteiger partial charge is 0.355 e. The van der Waals surface area contributed by atoms with Crippen molar-refractivity contribution in [3.63, 3.8) is 0 Å². The van der Waals surface area contributed by atoms with Crippen LogP contribution >= 0.6 is 0 Å². The molecule has 0 aliphatic rings. The van der Waals surface area contributed by atoms with Gasteiger partial charge in [-0.25, -0.2) is 14.2 Å². The predicted molar refractivity (Wildman–Crippen MR) is 210 cm³/mol. The Bertz CT molecular complexity index is 1200. The molecule has 0 radical (unpaired) electrons. The Labute approximate surface area is 319 Å². The maximum atomic E-state index is 12.7. The smallest absolute Gasteiger partial charge is 0.352 e. The minimum absolute atomic E-state index is 0.113. The summed E-state index contributed by atoms with van der Waals surface area (Å²) in [5.74, 6) is -0.349. The summed E-state index contributed by atoms with van der Waals surface area (Å²) < 4.78 is 24.8. The second kappa shape index (κ2) is 31.8. The molecule has 1 N–H and O–H groups in total. The Morgan fingerprint density at radius 2 is 1.17 bits per heavy atom. The molecule has 14 nitrogen and oxygen atoms in total. The molecule has 0 atom stereocenters. The summed E-state index contributed by atoms with van der Waals surface area (Å²) in [7, 11) is 3.64. The number of hydrogen-bond acceptors (Lipinski definition) is 11. The number of unbranched alkanes of at least 4 members (excludes halogenated alkanes) is 12. The Morgan fingerprint density at radius 3 is 1.72 bits per heavy atom. The standard InChI is InChI=1S/C39H74N8O6/c1-5-7-9-17-29-50-34-52-31-19-13-11-15-26-46(27-16-12-14-20-32-53-35-51-30-18-10-8-6-2)28-22-25-44(3)24-21-23-40-38(48)36-37-42-43-45(4)39(49)47(37)33-41-36/h33H,5-32,34-35H2,1-4H3,(H,40,48). The van der Waals surface area contributed by atoms with Gasteiger partial charge in [0, 0.05) is 40.0 Å². The zero-order valence-corrected chi connectivity index (χ0v) is 33.9. The van der Waals surface area contributed by atoms with Crippen LogP contribution in [0, 0.1) is 0 Å². The van der Waals surface area contributed by atoms with E-state index in [9.17, 15) is 9.59 Å². The lowest BCUT2D eigenvalue weighted by molar-refractivity contribution is -0.0557. The summed E-state index contributed by atoms with van der Waals surface area (Å²) in [6, 6.07) is 0. The highest BCUT2D eigenvalue weighted by Gasteiger charge is 2.17. The van der Waals surface area contributed by atoms with Crippen LogP contribution in [0.2, 0.25) is 0 Å². The quantitative estimate of drug-likeness (QED) is 0.0660. The number of fused-ring (bicyclic) bond motifs is 1. The van der Waals surface area contributed by atoms with E-state index >= 15 is 0 Å². The van der Waals surface area contributed by atoms with Gasteiger partial charge in [0.2, 0.25) is 0 Å². The van der Waals surface area contributed by atoms with Crippen molar-refractivity contribution in [3.8, 4) is 0 Å². The lowest BCUT2D eigenvalue weighted by Gasteiger charge is -2.24. The summed E-state index contributed by atoms with van der Waals surface area (Å²) in [6.45, 7) is 14.2. The van der Waals surface area contributed by atoms with Crippen LogP contribution in [0.1, 0.15) is 140 Å². The van der Waals surface area contributed by atoms with E-state index in [0.29, 0.717) is 20.1 Å². The van der Waals surface area contributed by atoms with Crippen LogP contribution in [-0.4, -0.2) is 126 Å². The van der Waals surface area contributed by atoms with E-state index in [2.05, 4.69) is 51.3 Å². The average molecular weight is 751 g/mol. The van der Waals surface area contributed by atoms with Crippen LogP contribution in [0.4, 0.5) is 0 Å². The van der Waals surface area contributed by atoms with Gasteiger partial charge < -0.3 is 34.1 Å². The summed E-state index contributed by atoms with van der Waals surface area (Å²) >= 11 is 0. The number of nitrogens with one attached hydrogen (secondary N) is 1. The van der Waals surface area contributed by atoms with Gasteiger partial charge in [0.15, 0.2) is 11.3 Å². The van der Waals surface area contributed by atoms with E-state index < -0.39 is 5.69 Å². The molecular weight excluding hydrogens is 676 g/mol. The summed E-state index contributed by atoms with van der Waals surface area (Å²) in [6.07, 6.45) is 22.4. The monoisotopic (exact) mass is 751 g/mol. The Morgan fingerprint density at radius 1 is 0.679 bits per heavy atom. The minimum atomic E-state index is -0.396. The van der Waals surface area contributed by atoms with Crippen LogP contribution in [-0.2, 0) is 26.0 Å². The number of amides is 1. The number of hydrogen-bond donors (Lipinski definition) is 1. The topological polar surface area (TPSA) is 138 Å². The normalized spacial score (nSPS) is 11.8. The molecule has 2 aromatic heterocycles. The van der Waals surface area contributed by atoms with Crippen molar-refractivity contribution in [2.24, 2.45) is 7.05 Å². The number of carbonyl (C=O) groups is 1. The molecule has 2 heterocycles. The molecule has 2 aromatic rings. The van der Waals surface area contributed by atoms with Crippen LogP contribution in [0.25, 0.3) is 5.65 Å². The molecule has 0 aliphatic carbocycles. The van der Waals surface area contributed by atoms with Crippen molar-refractivity contribution in [1.82, 2.24) is 39.5 Å². The van der Waals surface area contributed by atoms with E-state index in [1.807, 2.05) is 0 Å². The van der Waals surface area contributed by atoms with Crippen molar-refractivity contribution in [1.29, 1.82) is 0 Å². The number of aromatic nitrogens is 5. The molecule has 0 aliphatic heterocycles. The maximum absolute atomic E-state index is 12.7. The molecule has 14 heteroatoms. The third-order valence-electron chi connectivity index (χ3n) is 9.37. The number of imidazole rings is 1. The fraction of sp³-hybridized carbons (Fsp3) is 0.872. The lowest BCUT2D eigenvalue weighted by atomic mass is 10.1. The maximum Gasteiger partial charge on any atom is 0.352 e. The molecule has 53 heavy (non-hydrogen) atoms.